The van der Waals surface area contributed by atoms with Crippen molar-refractivity contribution in [3.63, 3.8) is 0 Å². The lowest BCUT2D eigenvalue weighted by Crippen LogP contribution is -2.26. The second-order valence-corrected chi connectivity index (χ2v) is 6.89. The number of rotatable bonds is 5. The van der Waals surface area contributed by atoms with Gasteiger partial charge >= 0.3 is 6.09 Å². The van der Waals surface area contributed by atoms with Crippen LogP contribution in [0.15, 0.2) is 72.8 Å². The molecule has 1 amide bonds. The van der Waals surface area contributed by atoms with Gasteiger partial charge in [-0.15, -0.1) is 0 Å². The first-order chi connectivity index (χ1) is 14.1. The first-order valence-electron chi connectivity index (χ1n) is 9.48. The number of aromatic hydroxyl groups is 1. The summed E-state index contributed by atoms with van der Waals surface area (Å²) < 4.78 is 5.48. The molecule has 3 aromatic carbocycles. The molecule has 0 heterocycles. The fraction of sp³-hybridized carbons (Fsp3) is 0.125. The highest BCUT2D eigenvalue weighted by Crippen LogP contribution is 2.44. The number of nitrogens with one attached hydrogen (secondary N) is 1. The molecule has 0 saturated carbocycles. The molecule has 0 bridgehead atoms. The van der Waals surface area contributed by atoms with Crippen molar-refractivity contribution in [2.24, 2.45) is 0 Å². The number of carbonyl (C=O) groups excluding carboxylic acids is 1. The number of phenols is 1. The Bertz CT molecular complexity index is 1030. The quantitative estimate of drug-likeness (QED) is 0.444. The van der Waals surface area contributed by atoms with Crippen molar-refractivity contribution in [2.45, 2.75) is 5.92 Å². The number of hydrogen-bond donors (Lipinski definition) is 3. The molecule has 1 aliphatic carbocycles. The molecule has 0 aromatic heterocycles. The van der Waals surface area contributed by atoms with Crippen LogP contribution in [-0.4, -0.2) is 24.4 Å². The van der Waals surface area contributed by atoms with Crippen LogP contribution in [0.1, 0.15) is 22.6 Å². The highest BCUT2D eigenvalue weighted by atomic mass is 16.5. The summed E-state index contributed by atoms with van der Waals surface area (Å²) in [7, 11) is 0. The van der Waals surface area contributed by atoms with Crippen molar-refractivity contribution in [1.82, 2.24) is 5.32 Å². The lowest BCUT2D eigenvalue weighted by molar-refractivity contribution is 0.144. The zero-order chi connectivity index (χ0) is 20.2. The standard InChI is InChI=1S/C24H22N2O3/c25-22-13-5-7-16(23(22)27)8-6-14-26-24(28)29-15-21-19-11-3-1-9-17(19)18-10-2-4-12-20(18)21/h1-13,21,27H,14-15,25H2,(H,26,28). The molecule has 5 heteroatoms. The summed E-state index contributed by atoms with van der Waals surface area (Å²) in [6, 6.07) is 21.6. The molecule has 5 nitrogen and oxygen atoms in total. The number of fused-ring (bicyclic) bond motifs is 3. The number of nitrogens with two attached hydrogens (primary N) is 1. The highest BCUT2D eigenvalue weighted by Gasteiger charge is 2.28. The average Bonchev–Trinajstić information content (AvgIpc) is 3.06. The van der Waals surface area contributed by atoms with E-state index in [0.717, 1.165) is 0 Å². The van der Waals surface area contributed by atoms with E-state index in [9.17, 15) is 9.90 Å². The first kappa shape index (κ1) is 18.6. The van der Waals surface area contributed by atoms with Gasteiger partial charge in [0.25, 0.3) is 0 Å². The zero-order valence-corrected chi connectivity index (χ0v) is 15.8. The van der Waals surface area contributed by atoms with Gasteiger partial charge < -0.3 is 20.9 Å². The second-order valence-electron chi connectivity index (χ2n) is 6.89. The molecular weight excluding hydrogens is 364 g/mol. The number of carbonyl (C=O) groups is 1. The lowest BCUT2D eigenvalue weighted by atomic mass is 9.98. The molecule has 0 spiro atoms. The van der Waals surface area contributed by atoms with Crippen molar-refractivity contribution >= 4 is 17.9 Å². The van der Waals surface area contributed by atoms with E-state index in [1.807, 2.05) is 24.3 Å². The van der Waals surface area contributed by atoms with E-state index < -0.39 is 6.09 Å². The molecule has 0 aliphatic heterocycles. The fourth-order valence-corrected chi connectivity index (χ4v) is 3.69. The first-order valence-corrected chi connectivity index (χ1v) is 9.48. The highest BCUT2D eigenvalue weighted by molar-refractivity contribution is 5.79. The van der Waals surface area contributed by atoms with Crippen LogP contribution < -0.4 is 11.1 Å². The maximum absolute atomic E-state index is 12.1. The maximum Gasteiger partial charge on any atom is 0.407 e. The molecule has 3 aromatic rings. The Hall–Kier alpha value is -3.73. The third-order valence-electron chi connectivity index (χ3n) is 5.10. The molecular formula is C24H22N2O3. The van der Waals surface area contributed by atoms with Gasteiger partial charge in [0, 0.05) is 18.0 Å². The molecule has 0 unspecified atom stereocenters. The Labute approximate surface area is 169 Å². The predicted molar refractivity (Wildman–Crippen MR) is 115 cm³/mol. The van der Waals surface area contributed by atoms with Crippen LogP contribution in [0.5, 0.6) is 5.75 Å². The Kier molecular flexibility index (Phi) is 5.20. The van der Waals surface area contributed by atoms with Crippen LogP contribution in [-0.2, 0) is 4.74 Å². The maximum atomic E-state index is 12.1. The molecule has 1 aliphatic rings. The van der Waals surface area contributed by atoms with Gasteiger partial charge in [-0.3, -0.25) is 0 Å². The van der Waals surface area contributed by atoms with Crippen LogP contribution in [0.3, 0.4) is 0 Å². The third kappa shape index (κ3) is 3.80. The molecule has 4 N–H and O–H groups in total. The Balaban J connectivity index is 1.34. The number of anilines is 1. The summed E-state index contributed by atoms with van der Waals surface area (Å²) in [5.41, 5.74) is 11.3. The minimum Gasteiger partial charge on any atom is -0.505 e. The van der Waals surface area contributed by atoms with Crippen LogP contribution in [0.2, 0.25) is 0 Å². The minimum absolute atomic E-state index is 0.0323. The van der Waals surface area contributed by atoms with Crippen molar-refractivity contribution in [3.8, 4) is 16.9 Å². The fourth-order valence-electron chi connectivity index (χ4n) is 3.69. The van der Waals surface area contributed by atoms with Gasteiger partial charge in [0.2, 0.25) is 0 Å². The van der Waals surface area contributed by atoms with E-state index in [1.54, 1.807) is 30.4 Å². The lowest BCUT2D eigenvalue weighted by Gasteiger charge is -2.14. The van der Waals surface area contributed by atoms with Gasteiger partial charge in [0.1, 0.15) is 12.4 Å². The van der Waals surface area contributed by atoms with Gasteiger partial charge in [0.15, 0.2) is 0 Å². The SMILES string of the molecule is Nc1cccc(C=CCNC(=O)OCC2c3ccccc3-c3ccccc32)c1O. The van der Waals surface area contributed by atoms with Crippen molar-refractivity contribution in [1.29, 1.82) is 0 Å². The Morgan fingerprint density at radius 2 is 1.66 bits per heavy atom. The smallest absolute Gasteiger partial charge is 0.407 e. The number of phenolic OH excluding ortho intramolecular Hbond substituents is 1. The van der Waals surface area contributed by atoms with Gasteiger partial charge in [-0.25, -0.2) is 4.79 Å². The monoisotopic (exact) mass is 386 g/mol. The normalized spacial score (nSPS) is 12.6. The summed E-state index contributed by atoms with van der Waals surface area (Å²) in [6.07, 6.45) is 2.96. The van der Waals surface area contributed by atoms with Crippen molar-refractivity contribution in [2.75, 3.05) is 18.9 Å². The molecule has 4 rings (SSSR count). The topological polar surface area (TPSA) is 84.6 Å². The van der Waals surface area contributed by atoms with Gasteiger partial charge in [-0.1, -0.05) is 72.8 Å². The third-order valence-corrected chi connectivity index (χ3v) is 5.10. The van der Waals surface area contributed by atoms with E-state index in [-0.39, 0.29) is 24.8 Å². The Morgan fingerprint density at radius 1 is 1.00 bits per heavy atom. The number of benzene rings is 3. The summed E-state index contributed by atoms with van der Waals surface area (Å²) in [4.78, 5) is 12.1. The summed E-state index contributed by atoms with van der Waals surface area (Å²) in [5, 5.41) is 12.6. The van der Waals surface area contributed by atoms with Gasteiger partial charge in [-0.05, 0) is 28.3 Å². The van der Waals surface area contributed by atoms with Crippen LogP contribution in [0, 0.1) is 0 Å². The van der Waals surface area contributed by atoms with E-state index >= 15 is 0 Å². The number of ether oxygens (including phenoxy) is 1. The molecule has 0 fully saturated rings. The Morgan fingerprint density at radius 3 is 2.34 bits per heavy atom. The number of nitrogen functional groups attached to an aromatic ring is 1. The van der Waals surface area contributed by atoms with Crippen LogP contribution >= 0.6 is 0 Å². The van der Waals surface area contributed by atoms with Crippen LogP contribution in [0.4, 0.5) is 10.5 Å². The molecule has 0 atom stereocenters. The van der Waals surface area contributed by atoms with Gasteiger partial charge in [-0.2, -0.15) is 0 Å². The number of amides is 1. The van der Waals surface area contributed by atoms with E-state index in [2.05, 4.69) is 29.6 Å². The molecule has 29 heavy (non-hydrogen) atoms. The summed E-state index contributed by atoms with van der Waals surface area (Å²) in [6.45, 7) is 0.560. The number of para-hydroxylation sites is 1. The van der Waals surface area contributed by atoms with Crippen molar-refractivity contribution in [3.05, 3.63) is 89.5 Å². The summed E-state index contributed by atoms with van der Waals surface area (Å²) >= 11 is 0. The largest absolute Gasteiger partial charge is 0.505 e. The van der Waals surface area contributed by atoms with Crippen LogP contribution in [0.25, 0.3) is 17.2 Å². The second kappa shape index (κ2) is 8.10. The average molecular weight is 386 g/mol. The zero-order valence-electron chi connectivity index (χ0n) is 15.8. The number of alkyl carbamates (subject to hydrolysis) is 1. The van der Waals surface area contributed by atoms with E-state index in [1.165, 1.54) is 22.3 Å². The summed E-state index contributed by atoms with van der Waals surface area (Å²) in [5.74, 6) is 0.0674. The minimum atomic E-state index is -0.478. The van der Waals surface area contributed by atoms with E-state index in [0.29, 0.717) is 11.3 Å². The molecule has 0 saturated heterocycles. The predicted octanol–water partition coefficient (Wildman–Crippen LogP) is 4.53. The van der Waals surface area contributed by atoms with Gasteiger partial charge in [0.05, 0.1) is 5.69 Å². The molecule has 0 radical (unpaired) electrons. The molecule has 146 valence electrons. The number of hydrogen-bond acceptors (Lipinski definition) is 4. The van der Waals surface area contributed by atoms with Crippen molar-refractivity contribution < 1.29 is 14.6 Å². The van der Waals surface area contributed by atoms with E-state index in [4.69, 9.17) is 10.5 Å².